The van der Waals surface area contributed by atoms with Gasteiger partial charge in [-0.25, -0.2) is 4.42 Å². The van der Waals surface area contributed by atoms with Gasteiger partial charge in [0.15, 0.2) is 5.60 Å². The van der Waals surface area contributed by atoms with Crippen LogP contribution in [0.2, 0.25) is 0 Å². The average Bonchev–Trinajstić information content (AvgIpc) is 2.98. The van der Waals surface area contributed by atoms with Crippen LogP contribution in [-0.2, 0) is 10.4 Å². The number of amides is 1. The zero-order valence-electron chi connectivity index (χ0n) is 13.9. The summed E-state index contributed by atoms with van der Waals surface area (Å²) < 4.78 is 1.82. The van der Waals surface area contributed by atoms with E-state index >= 15 is 0 Å². The smallest absolute Gasteiger partial charge is 0.256 e. The summed E-state index contributed by atoms with van der Waals surface area (Å²) in [5.41, 5.74) is -0.576. The van der Waals surface area contributed by atoms with Crippen molar-refractivity contribution < 1.29 is 9.90 Å². The van der Waals surface area contributed by atoms with E-state index in [9.17, 15) is 9.90 Å². The van der Waals surface area contributed by atoms with E-state index < -0.39 is 5.60 Å². The summed E-state index contributed by atoms with van der Waals surface area (Å²) in [5, 5.41) is 14.5. The number of nitrogens with zero attached hydrogens (tertiary/aromatic N) is 1. The lowest BCUT2D eigenvalue weighted by Gasteiger charge is -2.33. The number of fused-ring (bicyclic) bond motifs is 1. The number of hydrogen-bond acceptors (Lipinski definition) is 3. The van der Waals surface area contributed by atoms with Crippen molar-refractivity contribution in [3.8, 4) is 0 Å². The minimum atomic E-state index is -1.42. The van der Waals surface area contributed by atoms with E-state index in [1.807, 2.05) is 34.8 Å². The quantitative estimate of drug-likeness (QED) is 0.804. The van der Waals surface area contributed by atoms with E-state index in [1.54, 1.807) is 0 Å². The molecule has 24 heavy (non-hydrogen) atoms. The first-order chi connectivity index (χ1) is 11.5. The van der Waals surface area contributed by atoms with Crippen LogP contribution < -0.4 is 5.32 Å². The number of carbonyl (C=O) groups excluding carboxylic acids is 1. The van der Waals surface area contributed by atoms with Crippen molar-refractivity contribution in [2.45, 2.75) is 37.7 Å². The Morgan fingerprint density at radius 1 is 1.33 bits per heavy atom. The van der Waals surface area contributed by atoms with E-state index in [1.165, 1.54) is 0 Å². The number of hydrogen-bond donors (Lipinski definition) is 2. The predicted molar refractivity (Wildman–Crippen MR) is 93.3 cm³/mol. The number of rotatable bonds is 5. The number of carbonyl (C=O) groups is 1. The molecule has 3 atom stereocenters. The summed E-state index contributed by atoms with van der Waals surface area (Å²) in [6.07, 6.45) is 5.11. The van der Waals surface area contributed by atoms with Crippen molar-refractivity contribution in [3.63, 3.8) is 0 Å². The molecule has 0 bridgehead atoms. The highest BCUT2D eigenvalue weighted by Crippen LogP contribution is 2.57. The highest BCUT2D eigenvalue weighted by molar-refractivity contribution is 6.13. The Morgan fingerprint density at radius 2 is 2.04 bits per heavy atom. The maximum absolute atomic E-state index is 13.0. The third-order valence-corrected chi connectivity index (χ3v) is 6.63. The molecule has 2 N–H and O–H groups in total. The van der Waals surface area contributed by atoms with Crippen LogP contribution in [0.25, 0.3) is 0 Å². The van der Waals surface area contributed by atoms with Gasteiger partial charge in [0.1, 0.15) is 0 Å². The molecule has 2 unspecified atom stereocenters. The van der Waals surface area contributed by atoms with Crippen molar-refractivity contribution >= 4 is 17.7 Å². The van der Waals surface area contributed by atoms with Crippen molar-refractivity contribution in [2.24, 2.45) is 17.3 Å². The van der Waals surface area contributed by atoms with Crippen LogP contribution in [0.3, 0.4) is 0 Å². The molecule has 130 valence electrons. The molecular formula is C19H25ClN2O2. The fraction of sp³-hybridized carbons (Fsp3) is 0.632. The van der Waals surface area contributed by atoms with Crippen LogP contribution in [0.4, 0.5) is 0 Å². The first-order valence-electron chi connectivity index (χ1n) is 9.01. The Morgan fingerprint density at radius 3 is 2.67 bits per heavy atom. The highest BCUT2D eigenvalue weighted by Gasteiger charge is 2.60. The van der Waals surface area contributed by atoms with Gasteiger partial charge >= 0.3 is 0 Å². The largest absolute Gasteiger partial charge is 0.375 e. The van der Waals surface area contributed by atoms with Crippen molar-refractivity contribution in [1.82, 2.24) is 9.74 Å². The van der Waals surface area contributed by atoms with Crippen molar-refractivity contribution in [2.75, 3.05) is 19.6 Å². The summed E-state index contributed by atoms with van der Waals surface area (Å²) in [6.45, 7) is 2.34. The maximum atomic E-state index is 13.0. The van der Waals surface area contributed by atoms with Gasteiger partial charge in [0.25, 0.3) is 5.91 Å². The molecule has 4 nitrogen and oxygen atoms in total. The van der Waals surface area contributed by atoms with Crippen molar-refractivity contribution in [1.29, 1.82) is 0 Å². The summed E-state index contributed by atoms with van der Waals surface area (Å²) in [4.78, 5) is 13.0. The van der Waals surface area contributed by atoms with E-state index in [0.29, 0.717) is 18.0 Å². The van der Waals surface area contributed by atoms with E-state index in [4.69, 9.17) is 11.8 Å². The standard InChI is InChI=1S/C19H25ClN2O2/c20-22-11-16-10-18(16,13-22)12-21-17(23)19(24,15-8-4-5-9-15)14-6-2-1-3-7-14/h1-3,6-7,15-16,24H,4-5,8-13H2,(H,21,23)/t16-,18?,19?/m1/s1. The Labute approximate surface area is 148 Å². The average molecular weight is 349 g/mol. The van der Waals surface area contributed by atoms with E-state index in [0.717, 1.165) is 45.2 Å². The molecule has 3 aliphatic rings. The highest BCUT2D eigenvalue weighted by atomic mass is 35.5. The van der Waals surface area contributed by atoms with Gasteiger partial charge in [-0.15, -0.1) is 0 Å². The number of benzene rings is 1. The fourth-order valence-corrected chi connectivity index (χ4v) is 5.19. The molecule has 1 aromatic carbocycles. The second-order valence-electron chi connectivity index (χ2n) is 7.86. The zero-order chi connectivity index (χ0) is 16.8. The van der Waals surface area contributed by atoms with Crippen molar-refractivity contribution in [3.05, 3.63) is 35.9 Å². The molecule has 3 fully saturated rings. The van der Waals surface area contributed by atoms with Gasteiger partial charge in [-0.3, -0.25) is 4.79 Å². The summed E-state index contributed by atoms with van der Waals surface area (Å²) in [7, 11) is 0. The number of aliphatic hydroxyl groups is 1. The summed E-state index contributed by atoms with van der Waals surface area (Å²) >= 11 is 6.10. The molecule has 1 amide bonds. The predicted octanol–water partition coefficient (Wildman–Crippen LogP) is 2.66. The van der Waals surface area contributed by atoms with Gasteiger partial charge < -0.3 is 10.4 Å². The van der Waals surface area contributed by atoms with Crippen LogP contribution in [-0.4, -0.2) is 35.1 Å². The number of nitrogens with one attached hydrogen (secondary N) is 1. The van der Waals surface area contributed by atoms with Crippen LogP contribution in [0.5, 0.6) is 0 Å². The normalized spacial score (nSPS) is 32.3. The van der Waals surface area contributed by atoms with E-state index in [2.05, 4.69) is 5.32 Å². The van der Waals surface area contributed by atoms with Crippen LogP contribution >= 0.6 is 11.8 Å². The fourth-order valence-electron chi connectivity index (χ4n) is 4.78. The third kappa shape index (κ3) is 2.65. The molecular weight excluding hydrogens is 324 g/mol. The minimum absolute atomic E-state index is 0.000466. The molecule has 2 saturated carbocycles. The molecule has 0 spiro atoms. The molecule has 1 heterocycles. The van der Waals surface area contributed by atoms with Gasteiger partial charge in [-0.05, 0) is 42.5 Å². The van der Waals surface area contributed by atoms with Gasteiger partial charge in [-0.1, -0.05) is 43.2 Å². The van der Waals surface area contributed by atoms with E-state index in [-0.39, 0.29) is 17.2 Å². The van der Waals surface area contributed by atoms with Gasteiger partial charge in [-0.2, -0.15) is 0 Å². The van der Waals surface area contributed by atoms with Crippen LogP contribution in [0, 0.1) is 17.3 Å². The second kappa shape index (κ2) is 6.01. The lowest BCUT2D eigenvalue weighted by atomic mass is 9.79. The van der Waals surface area contributed by atoms with Gasteiger partial charge in [0.2, 0.25) is 0 Å². The number of piperidine rings is 1. The first-order valence-corrected chi connectivity index (χ1v) is 9.35. The lowest BCUT2D eigenvalue weighted by molar-refractivity contribution is -0.147. The molecule has 1 aromatic rings. The molecule has 0 aromatic heterocycles. The summed E-state index contributed by atoms with van der Waals surface area (Å²) in [5.74, 6) is 0.348. The Hall–Kier alpha value is -1.10. The number of halogens is 1. The lowest BCUT2D eigenvalue weighted by Crippen LogP contribution is -2.50. The molecule has 1 aliphatic heterocycles. The summed E-state index contributed by atoms with van der Waals surface area (Å²) in [6, 6.07) is 9.43. The molecule has 5 heteroatoms. The van der Waals surface area contributed by atoms with Gasteiger partial charge in [0, 0.05) is 31.0 Å². The maximum Gasteiger partial charge on any atom is 0.256 e. The second-order valence-corrected chi connectivity index (χ2v) is 8.34. The Balaban J connectivity index is 1.52. The van der Waals surface area contributed by atoms with Gasteiger partial charge in [0.05, 0.1) is 0 Å². The third-order valence-electron chi connectivity index (χ3n) is 6.37. The topological polar surface area (TPSA) is 52.6 Å². The molecule has 0 radical (unpaired) electrons. The molecule has 4 rings (SSSR count). The SMILES string of the molecule is O=C(NCC12C[C@@H]1CN(Cl)C2)C(O)(c1ccccc1)C1CCCC1. The monoisotopic (exact) mass is 348 g/mol. The van der Waals surface area contributed by atoms with Crippen LogP contribution in [0.1, 0.15) is 37.7 Å². The molecule has 2 aliphatic carbocycles. The van der Waals surface area contributed by atoms with Crippen LogP contribution in [0.15, 0.2) is 30.3 Å². The minimum Gasteiger partial charge on any atom is -0.375 e. The first kappa shape index (κ1) is 16.4. The zero-order valence-corrected chi connectivity index (χ0v) is 14.6. The molecule has 1 saturated heterocycles. The Kier molecular flexibility index (Phi) is 4.10. The Bertz CT molecular complexity index is 619.